The number of fused-ring (bicyclic) bond motifs is 2. The third kappa shape index (κ3) is 2.91. The summed E-state index contributed by atoms with van der Waals surface area (Å²) >= 11 is 0. The van der Waals surface area contributed by atoms with Crippen molar-refractivity contribution in [1.29, 1.82) is 0 Å². The van der Waals surface area contributed by atoms with E-state index in [1.807, 2.05) is 0 Å². The molecule has 5 nitrogen and oxygen atoms in total. The Bertz CT molecular complexity index is 964. The summed E-state index contributed by atoms with van der Waals surface area (Å²) in [5.74, 6) is 0.443. The SMILES string of the molecule is FC(F)(F)c1nnc2n1N=C(N1CCC(C3=CCc4ccccc43)CC1)CC2. The van der Waals surface area contributed by atoms with Crippen molar-refractivity contribution in [3.63, 3.8) is 0 Å². The highest BCUT2D eigenvalue weighted by molar-refractivity contribution is 5.83. The maximum Gasteiger partial charge on any atom is 0.453 e. The van der Waals surface area contributed by atoms with Gasteiger partial charge in [-0.3, -0.25) is 0 Å². The molecule has 0 bridgehead atoms. The Labute approximate surface area is 160 Å². The van der Waals surface area contributed by atoms with Crippen molar-refractivity contribution in [1.82, 2.24) is 19.8 Å². The van der Waals surface area contributed by atoms with Gasteiger partial charge >= 0.3 is 6.18 Å². The molecular weight excluding hydrogens is 367 g/mol. The standard InChI is InChI=1S/C20H20F3N5/c21-20(22,23)19-25-24-17-7-8-18(26-28(17)19)27-11-9-14(10-12-27)16-6-5-13-3-1-2-4-15(13)16/h1-4,6,14H,5,7-12H2. The molecule has 8 heteroatoms. The molecule has 3 heterocycles. The number of allylic oxidation sites excluding steroid dienone is 2. The lowest BCUT2D eigenvalue weighted by Crippen LogP contribution is -2.40. The zero-order valence-corrected chi connectivity index (χ0v) is 15.3. The van der Waals surface area contributed by atoms with Crippen LogP contribution < -0.4 is 0 Å². The van der Waals surface area contributed by atoms with Crippen molar-refractivity contribution in [3.8, 4) is 0 Å². The predicted octanol–water partition coefficient (Wildman–Crippen LogP) is 3.76. The molecule has 28 heavy (non-hydrogen) atoms. The highest BCUT2D eigenvalue weighted by Crippen LogP contribution is 2.38. The van der Waals surface area contributed by atoms with Crippen molar-refractivity contribution in [3.05, 3.63) is 53.1 Å². The highest BCUT2D eigenvalue weighted by Gasteiger charge is 2.40. The monoisotopic (exact) mass is 387 g/mol. The molecule has 0 amide bonds. The Hall–Kier alpha value is -2.64. The van der Waals surface area contributed by atoms with Gasteiger partial charge in [0.2, 0.25) is 0 Å². The van der Waals surface area contributed by atoms with E-state index in [1.165, 1.54) is 16.7 Å². The van der Waals surface area contributed by atoms with E-state index in [4.69, 9.17) is 0 Å². The fourth-order valence-corrected chi connectivity index (χ4v) is 4.51. The molecule has 0 N–H and O–H groups in total. The van der Waals surface area contributed by atoms with Crippen LogP contribution in [0.3, 0.4) is 0 Å². The van der Waals surface area contributed by atoms with Crippen LogP contribution in [0.1, 0.15) is 42.0 Å². The van der Waals surface area contributed by atoms with Crippen molar-refractivity contribution in [2.75, 3.05) is 13.1 Å². The van der Waals surface area contributed by atoms with Crippen molar-refractivity contribution in [2.24, 2.45) is 11.0 Å². The number of aromatic nitrogens is 3. The van der Waals surface area contributed by atoms with Gasteiger partial charge in [-0.05, 0) is 41.9 Å². The first-order valence-corrected chi connectivity index (χ1v) is 9.63. The lowest BCUT2D eigenvalue weighted by Gasteiger charge is -2.35. The van der Waals surface area contributed by atoms with Crippen LogP contribution in [-0.2, 0) is 19.0 Å². The normalized spacial score (nSPS) is 19.9. The van der Waals surface area contributed by atoms with Crippen LogP contribution in [0.5, 0.6) is 0 Å². The van der Waals surface area contributed by atoms with E-state index >= 15 is 0 Å². The summed E-state index contributed by atoms with van der Waals surface area (Å²) in [6, 6.07) is 8.53. The second kappa shape index (κ2) is 6.46. The summed E-state index contributed by atoms with van der Waals surface area (Å²) in [4.78, 5) is 2.13. The second-order valence-corrected chi connectivity index (χ2v) is 7.55. The van der Waals surface area contributed by atoms with Gasteiger partial charge in [-0.15, -0.1) is 10.2 Å². The molecule has 1 aromatic heterocycles. The first kappa shape index (κ1) is 17.5. The molecule has 2 aliphatic heterocycles. The number of aryl methyl sites for hydroxylation is 1. The highest BCUT2D eigenvalue weighted by atomic mass is 19.4. The molecule has 3 aliphatic rings. The van der Waals surface area contributed by atoms with Gasteiger partial charge in [0.15, 0.2) is 5.82 Å². The third-order valence-corrected chi connectivity index (χ3v) is 5.92. The molecular formula is C20H20F3N5. The first-order chi connectivity index (χ1) is 13.5. The van der Waals surface area contributed by atoms with Gasteiger partial charge in [0.05, 0.1) is 0 Å². The van der Waals surface area contributed by atoms with E-state index < -0.39 is 12.0 Å². The zero-order chi connectivity index (χ0) is 19.3. The topological polar surface area (TPSA) is 46.3 Å². The third-order valence-electron chi connectivity index (χ3n) is 5.92. The number of rotatable bonds is 1. The van der Waals surface area contributed by atoms with Crippen LogP contribution in [0.15, 0.2) is 35.4 Å². The van der Waals surface area contributed by atoms with Crippen LogP contribution in [0, 0.1) is 5.92 Å². The molecule has 2 aromatic rings. The number of hydrogen-bond acceptors (Lipinski definition) is 4. The minimum atomic E-state index is -4.55. The number of amidine groups is 1. The molecule has 1 aromatic carbocycles. The average molecular weight is 387 g/mol. The Morgan fingerprint density at radius 2 is 1.79 bits per heavy atom. The number of piperidine rings is 1. The summed E-state index contributed by atoms with van der Waals surface area (Å²) in [5.41, 5.74) is 4.18. The fraction of sp³-hybridized carbons (Fsp3) is 0.450. The molecule has 0 radical (unpaired) electrons. The average Bonchev–Trinajstić information content (AvgIpc) is 3.31. The van der Waals surface area contributed by atoms with Crippen molar-refractivity contribution >= 4 is 11.4 Å². The number of nitrogens with zero attached hydrogens (tertiary/aromatic N) is 5. The van der Waals surface area contributed by atoms with Gasteiger partial charge in [0.1, 0.15) is 5.84 Å². The minimum absolute atomic E-state index is 0.277. The van der Waals surface area contributed by atoms with Crippen LogP contribution in [0.4, 0.5) is 13.2 Å². The first-order valence-electron chi connectivity index (χ1n) is 9.63. The molecule has 146 valence electrons. The lowest BCUT2D eigenvalue weighted by molar-refractivity contribution is -0.147. The van der Waals surface area contributed by atoms with Crippen LogP contribution in [0.2, 0.25) is 0 Å². The molecule has 5 rings (SSSR count). The summed E-state index contributed by atoms with van der Waals surface area (Å²) in [6.45, 7) is 1.61. The predicted molar refractivity (Wildman–Crippen MR) is 98.6 cm³/mol. The Morgan fingerprint density at radius 3 is 2.57 bits per heavy atom. The zero-order valence-electron chi connectivity index (χ0n) is 15.3. The van der Waals surface area contributed by atoms with E-state index in [1.54, 1.807) is 0 Å². The smallest absolute Gasteiger partial charge is 0.359 e. The van der Waals surface area contributed by atoms with Gasteiger partial charge in [0, 0.05) is 25.9 Å². The number of likely N-dealkylation sites (tertiary alicyclic amines) is 1. The molecule has 1 fully saturated rings. The maximum atomic E-state index is 13.1. The van der Waals surface area contributed by atoms with E-state index in [0.717, 1.165) is 37.0 Å². The molecule has 0 spiro atoms. The van der Waals surface area contributed by atoms with Gasteiger partial charge in [-0.25, -0.2) is 0 Å². The van der Waals surface area contributed by atoms with Crippen LogP contribution in [-0.4, -0.2) is 38.7 Å². The molecule has 1 aliphatic carbocycles. The van der Waals surface area contributed by atoms with E-state index in [0.29, 0.717) is 24.6 Å². The second-order valence-electron chi connectivity index (χ2n) is 7.55. The number of benzene rings is 1. The Kier molecular flexibility index (Phi) is 4.03. The van der Waals surface area contributed by atoms with E-state index in [2.05, 4.69) is 50.5 Å². The maximum absolute atomic E-state index is 13.1. The Morgan fingerprint density at radius 1 is 1.00 bits per heavy atom. The van der Waals surface area contributed by atoms with Gasteiger partial charge in [-0.1, -0.05) is 30.3 Å². The molecule has 0 atom stereocenters. The van der Waals surface area contributed by atoms with Crippen molar-refractivity contribution in [2.45, 2.75) is 38.3 Å². The van der Waals surface area contributed by atoms with Crippen LogP contribution >= 0.6 is 0 Å². The minimum Gasteiger partial charge on any atom is -0.359 e. The molecule has 0 saturated carbocycles. The van der Waals surface area contributed by atoms with Gasteiger partial charge < -0.3 is 4.90 Å². The number of alkyl halides is 3. The van der Waals surface area contributed by atoms with E-state index in [9.17, 15) is 13.2 Å². The quantitative estimate of drug-likeness (QED) is 0.749. The fourth-order valence-electron chi connectivity index (χ4n) is 4.51. The molecule has 0 unspecified atom stereocenters. The number of halogens is 3. The summed E-state index contributed by atoms with van der Waals surface area (Å²) in [7, 11) is 0. The van der Waals surface area contributed by atoms with E-state index in [-0.39, 0.29) is 5.82 Å². The van der Waals surface area contributed by atoms with Gasteiger partial charge in [-0.2, -0.15) is 22.9 Å². The molecule has 1 saturated heterocycles. The summed E-state index contributed by atoms with van der Waals surface area (Å²) in [5, 5.41) is 11.2. The summed E-state index contributed by atoms with van der Waals surface area (Å²) < 4.78 is 40.2. The van der Waals surface area contributed by atoms with Crippen molar-refractivity contribution < 1.29 is 13.2 Å². The van der Waals surface area contributed by atoms with Crippen LogP contribution in [0.25, 0.3) is 5.57 Å². The largest absolute Gasteiger partial charge is 0.453 e. The van der Waals surface area contributed by atoms with Gasteiger partial charge in [0.25, 0.3) is 5.82 Å². The summed E-state index contributed by atoms with van der Waals surface area (Å²) in [6.07, 6.45) is 1.79. The number of hydrogen-bond donors (Lipinski definition) is 0. The lowest BCUT2D eigenvalue weighted by atomic mass is 9.86. The Balaban J connectivity index is 1.31.